The third kappa shape index (κ3) is 2.87. The van der Waals surface area contributed by atoms with E-state index >= 15 is 0 Å². The molecule has 0 aromatic carbocycles. The minimum absolute atomic E-state index is 0.305. The van der Waals surface area contributed by atoms with Crippen LogP contribution in [0.4, 0.5) is 0 Å². The van der Waals surface area contributed by atoms with E-state index in [1.165, 1.54) is 6.08 Å². The highest BCUT2D eigenvalue weighted by molar-refractivity contribution is 5.83. The van der Waals surface area contributed by atoms with Gasteiger partial charge in [-0.05, 0) is 37.8 Å². The maximum Gasteiger partial charge on any atom is 0.335 e. The zero-order valence-electron chi connectivity index (χ0n) is 8.91. The van der Waals surface area contributed by atoms with Crippen molar-refractivity contribution in [1.29, 1.82) is 0 Å². The highest BCUT2D eigenvalue weighted by atomic mass is 16.5. The normalized spacial score (nSPS) is 21.8. The molecule has 1 aliphatic carbocycles. The molecule has 2 heteroatoms. The number of carbonyl (C=O) groups is 1. The molecule has 0 N–H and O–H groups in total. The Morgan fingerprint density at radius 3 is 2.93 bits per heavy atom. The fourth-order valence-corrected chi connectivity index (χ4v) is 1.43. The third-order valence-corrected chi connectivity index (χ3v) is 2.11. The van der Waals surface area contributed by atoms with Crippen LogP contribution in [0.1, 0.15) is 27.2 Å². The van der Waals surface area contributed by atoms with E-state index in [4.69, 9.17) is 4.74 Å². The van der Waals surface area contributed by atoms with Crippen molar-refractivity contribution in [2.75, 3.05) is 0 Å². The lowest BCUT2D eigenvalue weighted by atomic mass is 9.97. The molecule has 14 heavy (non-hydrogen) atoms. The molecule has 0 aromatic heterocycles. The van der Waals surface area contributed by atoms with Gasteiger partial charge in [0.1, 0.15) is 5.76 Å². The summed E-state index contributed by atoms with van der Waals surface area (Å²) in [6.07, 6.45) is 8.13. The second-order valence-electron chi connectivity index (χ2n) is 3.55. The molecule has 76 valence electrons. The lowest BCUT2D eigenvalue weighted by Gasteiger charge is -2.15. The third-order valence-electron chi connectivity index (χ3n) is 2.11. The molecular weight excluding hydrogens is 176 g/mol. The molecule has 0 aromatic rings. The highest BCUT2D eigenvalue weighted by Crippen LogP contribution is 2.23. The van der Waals surface area contributed by atoms with Gasteiger partial charge < -0.3 is 4.74 Å². The first-order chi connectivity index (χ1) is 6.63. The molecule has 1 unspecified atom stereocenters. The zero-order chi connectivity index (χ0) is 10.6. The van der Waals surface area contributed by atoms with E-state index in [9.17, 15) is 4.79 Å². The Balaban J connectivity index is 2.63. The van der Waals surface area contributed by atoms with Gasteiger partial charge in [-0.3, -0.25) is 0 Å². The maximum absolute atomic E-state index is 11.2. The number of ether oxygens (including phenoxy) is 1. The van der Waals surface area contributed by atoms with Crippen molar-refractivity contribution in [3.8, 4) is 0 Å². The van der Waals surface area contributed by atoms with Crippen LogP contribution in [0.25, 0.3) is 0 Å². The zero-order valence-corrected chi connectivity index (χ0v) is 8.91. The van der Waals surface area contributed by atoms with E-state index in [0.717, 1.165) is 12.0 Å². The van der Waals surface area contributed by atoms with Crippen LogP contribution in [-0.4, -0.2) is 5.97 Å². The van der Waals surface area contributed by atoms with E-state index in [1.807, 2.05) is 13.0 Å². The van der Waals surface area contributed by atoms with Crippen LogP contribution in [-0.2, 0) is 9.53 Å². The van der Waals surface area contributed by atoms with Crippen LogP contribution in [0.2, 0.25) is 0 Å². The van der Waals surface area contributed by atoms with E-state index in [2.05, 4.69) is 13.0 Å². The molecule has 1 aliphatic rings. The second-order valence-corrected chi connectivity index (χ2v) is 3.55. The molecule has 0 spiro atoms. The predicted octanol–water partition coefficient (Wildman–Crippen LogP) is 2.98. The first-order valence-corrected chi connectivity index (χ1v) is 4.87. The van der Waals surface area contributed by atoms with Crippen molar-refractivity contribution < 1.29 is 9.53 Å². The summed E-state index contributed by atoms with van der Waals surface area (Å²) in [7, 11) is 0. The molecule has 0 amide bonds. The van der Waals surface area contributed by atoms with Crippen molar-refractivity contribution >= 4 is 5.97 Å². The SMILES string of the molecule is C/C=C\C(=O)OC1=CCC(C)C=C1C. The van der Waals surface area contributed by atoms with Crippen LogP contribution < -0.4 is 0 Å². The lowest BCUT2D eigenvalue weighted by molar-refractivity contribution is -0.133. The van der Waals surface area contributed by atoms with Crippen LogP contribution in [0.5, 0.6) is 0 Å². The van der Waals surface area contributed by atoms with Crippen molar-refractivity contribution in [2.24, 2.45) is 5.92 Å². The molecule has 1 atom stereocenters. The standard InChI is InChI=1S/C12H16O2/c1-4-5-12(13)14-11-7-6-9(2)8-10(11)3/h4-5,7-9H,6H2,1-3H3/b5-4-. The van der Waals surface area contributed by atoms with Gasteiger partial charge >= 0.3 is 5.97 Å². The fraction of sp³-hybridized carbons (Fsp3) is 0.417. The smallest absolute Gasteiger partial charge is 0.335 e. The number of hydrogen-bond acceptors (Lipinski definition) is 2. The minimum atomic E-state index is -0.305. The number of esters is 1. The molecular formula is C12H16O2. The van der Waals surface area contributed by atoms with Crippen molar-refractivity contribution in [2.45, 2.75) is 27.2 Å². The van der Waals surface area contributed by atoms with Crippen LogP contribution in [0.3, 0.4) is 0 Å². The Bertz CT molecular complexity index is 308. The van der Waals surface area contributed by atoms with Gasteiger partial charge in [0.15, 0.2) is 0 Å². The molecule has 0 bridgehead atoms. The molecule has 2 nitrogen and oxygen atoms in total. The second kappa shape index (κ2) is 4.80. The number of carbonyl (C=O) groups excluding carboxylic acids is 1. The van der Waals surface area contributed by atoms with Gasteiger partial charge in [0.05, 0.1) is 0 Å². The van der Waals surface area contributed by atoms with E-state index in [1.54, 1.807) is 13.0 Å². The highest BCUT2D eigenvalue weighted by Gasteiger charge is 2.12. The Morgan fingerprint density at radius 1 is 1.64 bits per heavy atom. The number of rotatable bonds is 2. The van der Waals surface area contributed by atoms with E-state index < -0.39 is 0 Å². The van der Waals surface area contributed by atoms with Crippen LogP contribution >= 0.6 is 0 Å². The molecule has 0 saturated heterocycles. The summed E-state index contributed by atoms with van der Waals surface area (Å²) >= 11 is 0. The van der Waals surface area contributed by atoms with Gasteiger partial charge in [0.2, 0.25) is 0 Å². The summed E-state index contributed by atoms with van der Waals surface area (Å²) in [6, 6.07) is 0. The summed E-state index contributed by atoms with van der Waals surface area (Å²) in [6.45, 7) is 5.90. The monoisotopic (exact) mass is 192 g/mol. The van der Waals surface area contributed by atoms with Gasteiger partial charge in [0, 0.05) is 6.08 Å². The summed E-state index contributed by atoms with van der Waals surface area (Å²) in [5, 5.41) is 0. The molecule has 0 fully saturated rings. The average Bonchev–Trinajstić information content (AvgIpc) is 2.10. The molecule has 0 radical (unpaired) electrons. The summed E-state index contributed by atoms with van der Waals surface area (Å²) in [4.78, 5) is 11.2. The fourth-order valence-electron chi connectivity index (χ4n) is 1.43. The molecule has 0 aliphatic heterocycles. The van der Waals surface area contributed by atoms with E-state index in [0.29, 0.717) is 11.7 Å². The molecule has 0 saturated carbocycles. The number of allylic oxidation sites excluding steroid dienone is 4. The van der Waals surface area contributed by atoms with Crippen LogP contribution in [0.15, 0.2) is 35.6 Å². The van der Waals surface area contributed by atoms with Gasteiger partial charge in [-0.1, -0.05) is 19.1 Å². The number of hydrogen-bond donors (Lipinski definition) is 0. The van der Waals surface area contributed by atoms with E-state index in [-0.39, 0.29) is 5.97 Å². The van der Waals surface area contributed by atoms with Gasteiger partial charge in [-0.25, -0.2) is 4.79 Å². The van der Waals surface area contributed by atoms with Gasteiger partial charge in [-0.2, -0.15) is 0 Å². The van der Waals surface area contributed by atoms with Gasteiger partial charge in [0.25, 0.3) is 0 Å². The molecule has 0 heterocycles. The summed E-state index contributed by atoms with van der Waals surface area (Å²) in [5.74, 6) is 0.937. The van der Waals surface area contributed by atoms with Crippen LogP contribution in [0, 0.1) is 5.92 Å². The minimum Gasteiger partial charge on any atom is -0.423 e. The Hall–Kier alpha value is -1.31. The predicted molar refractivity (Wildman–Crippen MR) is 56.5 cm³/mol. The van der Waals surface area contributed by atoms with Gasteiger partial charge in [-0.15, -0.1) is 0 Å². The quantitative estimate of drug-likeness (QED) is 0.496. The van der Waals surface area contributed by atoms with Crippen molar-refractivity contribution in [1.82, 2.24) is 0 Å². The first kappa shape index (κ1) is 10.8. The lowest BCUT2D eigenvalue weighted by Crippen LogP contribution is -2.06. The van der Waals surface area contributed by atoms with Crippen molar-refractivity contribution in [3.05, 3.63) is 35.6 Å². The Labute approximate surface area is 85.0 Å². The summed E-state index contributed by atoms with van der Waals surface area (Å²) < 4.78 is 5.16. The van der Waals surface area contributed by atoms with Crippen molar-refractivity contribution in [3.63, 3.8) is 0 Å². The maximum atomic E-state index is 11.2. The topological polar surface area (TPSA) is 26.3 Å². The average molecular weight is 192 g/mol. The largest absolute Gasteiger partial charge is 0.423 e. The molecule has 1 rings (SSSR count). The Kier molecular flexibility index (Phi) is 3.69. The first-order valence-electron chi connectivity index (χ1n) is 4.87. The Morgan fingerprint density at radius 2 is 2.36 bits per heavy atom. The summed E-state index contributed by atoms with van der Waals surface area (Å²) in [5.41, 5.74) is 1.04.